The number of piperidine rings is 1. The molecule has 2 saturated heterocycles. The van der Waals surface area contributed by atoms with Crippen LogP contribution >= 0.6 is 0 Å². The van der Waals surface area contributed by atoms with Crippen LogP contribution in [-0.4, -0.2) is 72.7 Å². The Hall–Kier alpha value is -2.74. The van der Waals surface area contributed by atoms with Crippen LogP contribution in [0.4, 0.5) is 5.69 Å². The van der Waals surface area contributed by atoms with Gasteiger partial charge in [0.1, 0.15) is 6.04 Å². The van der Waals surface area contributed by atoms with Crippen molar-refractivity contribution in [3.8, 4) is 0 Å². The number of benzene rings is 1. The van der Waals surface area contributed by atoms with Crippen molar-refractivity contribution in [2.45, 2.75) is 18.9 Å². The van der Waals surface area contributed by atoms with Gasteiger partial charge in [-0.1, -0.05) is 6.07 Å². The maximum absolute atomic E-state index is 13.1. The number of hydrogen-bond acceptors (Lipinski definition) is 6. The number of amides is 4. The highest BCUT2D eigenvalue weighted by Crippen LogP contribution is 2.34. The molecule has 0 aliphatic carbocycles. The van der Waals surface area contributed by atoms with Crippen molar-refractivity contribution in [3.63, 3.8) is 0 Å². The second kappa shape index (κ2) is 6.21. The van der Waals surface area contributed by atoms with Crippen LogP contribution in [0, 0.1) is 0 Å². The molecule has 0 bridgehead atoms. The maximum atomic E-state index is 13.1. The molecule has 0 aromatic heterocycles. The first-order valence-electron chi connectivity index (χ1n) is 8.75. The van der Waals surface area contributed by atoms with Crippen LogP contribution in [0.3, 0.4) is 0 Å². The van der Waals surface area contributed by atoms with E-state index in [1.165, 1.54) is 0 Å². The van der Waals surface area contributed by atoms with Crippen molar-refractivity contribution < 1.29 is 19.2 Å². The number of carbonyl (C=O) groups is 4. The Morgan fingerprint density at radius 3 is 2.42 bits per heavy atom. The average molecular weight is 356 g/mol. The van der Waals surface area contributed by atoms with Crippen molar-refractivity contribution in [2.24, 2.45) is 0 Å². The number of carbonyl (C=O) groups excluding carboxylic acids is 4. The highest BCUT2D eigenvalue weighted by molar-refractivity contribution is 6.25. The molecule has 26 heavy (non-hydrogen) atoms. The highest BCUT2D eigenvalue weighted by atomic mass is 16.2. The molecule has 1 atom stereocenters. The molecule has 8 nitrogen and oxygen atoms in total. The van der Waals surface area contributed by atoms with Crippen molar-refractivity contribution in [2.75, 3.05) is 38.1 Å². The molecule has 2 fully saturated rings. The Balaban J connectivity index is 1.67. The predicted molar refractivity (Wildman–Crippen MR) is 92.8 cm³/mol. The van der Waals surface area contributed by atoms with Gasteiger partial charge in [0.2, 0.25) is 11.8 Å². The van der Waals surface area contributed by atoms with Gasteiger partial charge in [-0.2, -0.15) is 0 Å². The largest absolute Gasteiger partial charge is 0.368 e. The van der Waals surface area contributed by atoms with Crippen LogP contribution in [0.15, 0.2) is 18.2 Å². The van der Waals surface area contributed by atoms with Gasteiger partial charge in [0.25, 0.3) is 11.8 Å². The van der Waals surface area contributed by atoms with Crippen molar-refractivity contribution in [1.82, 2.24) is 15.1 Å². The fourth-order valence-electron chi connectivity index (χ4n) is 3.81. The van der Waals surface area contributed by atoms with Crippen molar-refractivity contribution >= 4 is 29.3 Å². The Morgan fingerprint density at radius 1 is 1.00 bits per heavy atom. The zero-order chi connectivity index (χ0) is 18.4. The lowest BCUT2D eigenvalue weighted by Gasteiger charge is -2.35. The molecule has 136 valence electrons. The first kappa shape index (κ1) is 16.7. The fourth-order valence-corrected chi connectivity index (χ4v) is 3.81. The van der Waals surface area contributed by atoms with E-state index < -0.39 is 23.8 Å². The van der Waals surface area contributed by atoms with E-state index in [-0.39, 0.29) is 18.7 Å². The van der Waals surface area contributed by atoms with Gasteiger partial charge in [-0.25, -0.2) is 0 Å². The zero-order valence-corrected chi connectivity index (χ0v) is 14.5. The Morgan fingerprint density at radius 2 is 1.73 bits per heavy atom. The minimum Gasteiger partial charge on any atom is -0.368 e. The average Bonchev–Trinajstić information content (AvgIpc) is 2.87. The minimum atomic E-state index is -0.930. The summed E-state index contributed by atoms with van der Waals surface area (Å²) in [6, 6.07) is 4.32. The number of rotatable bonds is 2. The summed E-state index contributed by atoms with van der Waals surface area (Å²) in [7, 11) is 2.05. The molecular weight excluding hydrogens is 336 g/mol. The van der Waals surface area contributed by atoms with Gasteiger partial charge in [0.05, 0.1) is 16.8 Å². The number of likely N-dealkylation sites (N-methyl/N-ethyl adjacent to an activating group) is 1. The molecule has 1 aromatic rings. The Bertz CT molecular complexity index is 813. The van der Waals surface area contributed by atoms with Gasteiger partial charge in [-0.05, 0) is 25.6 Å². The first-order chi connectivity index (χ1) is 12.5. The summed E-state index contributed by atoms with van der Waals surface area (Å²) >= 11 is 0. The third-order valence-electron chi connectivity index (χ3n) is 5.29. The first-order valence-corrected chi connectivity index (χ1v) is 8.75. The normalized spacial score (nSPS) is 24.1. The fraction of sp³-hybridized carbons (Fsp3) is 0.444. The second-order valence-electron chi connectivity index (χ2n) is 6.94. The molecule has 3 aliphatic heterocycles. The van der Waals surface area contributed by atoms with Gasteiger partial charge < -0.3 is 9.80 Å². The van der Waals surface area contributed by atoms with Crippen molar-refractivity contribution in [3.05, 3.63) is 29.3 Å². The van der Waals surface area contributed by atoms with Gasteiger partial charge in [0, 0.05) is 32.6 Å². The lowest BCUT2D eigenvalue weighted by molar-refractivity contribution is -0.136. The number of fused-ring (bicyclic) bond motifs is 1. The van der Waals surface area contributed by atoms with Crippen LogP contribution in [0.1, 0.15) is 33.6 Å². The number of hydrogen-bond donors (Lipinski definition) is 1. The molecule has 1 N–H and O–H groups in total. The summed E-state index contributed by atoms with van der Waals surface area (Å²) < 4.78 is 0. The minimum absolute atomic E-state index is 0.120. The van der Waals surface area contributed by atoms with E-state index in [9.17, 15) is 19.2 Å². The number of piperazine rings is 1. The third-order valence-corrected chi connectivity index (χ3v) is 5.29. The monoisotopic (exact) mass is 356 g/mol. The van der Waals surface area contributed by atoms with Crippen molar-refractivity contribution in [1.29, 1.82) is 0 Å². The van der Waals surface area contributed by atoms with Crippen LogP contribution in [0.25, 0.3) is 0 Å². The smallest absolute Gasteiger partial charge is 0.264 e. The molecule has 4 rings (SSSR count). The highest BCUT2D eigenvalue weighted by Gasteiger charge is 2.46. The van der Waals surface area contributed by atoms with E-state index in [0.717, 1.165) is 36.8 Å². The number of anilines is 1. The summed E-state index contributed by atoms with van der Waals surface area (Å²) in [6.07, 6.45) is 0.287. The summed E-state index contributed by atoms with van der Waals surface area (Å²) in [4.78, 5) is 54.8. The lowest BCUT2D eigenvalue weighted by atomic mass is 10.0. The number of nitrogens with one attached hydrogen (secondary N) is 1. The Labute approximate surface area is 150 Å². The third kappa shape index (κ3) is 2.57. The molecule has 8 heteroatoms. The quantitative estimate of drug-likeness (QED) is 0.741. The molecule has 4 amide bonds. The SMILES string of the molecule is CN1CCN(c2cccc3c2C(=O)N(C2CCC(=O)NC2=O)C3=O)CC1. The molecular formula is C18H20N4O4. The summed E-state index contributed by atoms with van der Waals surface area (Å²) in [5, 5.41) is 2.22. The van der Waals surface area contributed by atoms with Crippen LogP contribution < -0.4 is 10.2 Å². The molecule has 1 unspecified atom stereocenters. The van der Waals surface area contributed by atoms with E-state index in [0.29, 0.717) is 11.1 Å². The van der Waals surface area contributed by atoms with Crippen LogP contribution in [-0.2, 0) is 9.59 Å². The van der Waals surface area contributed by atoms with E-state index >= 15 is 0 Å². The van der Waals surface area contributed by atoms with Gasteiger partial charge in [-0.3, -0.25) is 29.4 Å². The molecule has 3 aliphatic rings. The lowest BCUT2D eigenvalue weighted by Crippen LogP contribution is -2.54. The molecule has 1 aromatic carbocycles. The molecule has 0 spiro atoms. The van der Waals surface area contributed by atoms with Crippen LogP contribution in [0.2, 0.25) is 0 Å². The van der Waals surface area contributed by atoms with Crippen LogP contribution in [0.5, 0.6) is 0 Å². The van der Waals surface area contributed by atoms with E-state index in [4.69, 9.17) is 0 Å². The molecule has 0 radical (unpaired) electrons. The second-order valence-corrected chi connectivity index (χ2v) is 6.94. The predicted octanol–water partition coefficient (Wildman–Crippen LogP) is -0.160. The zero-order valence-electron chi connectivity index (χ0n) is 14.5. The summed E-state index contributed by atoms with van der Waals surface area (Å²) in [6.45, 7) is 3.30. The summed E-state index contributed by atoms with van der Waals surface area (Å²) in [5.74, 6) is -1.87. The standard InChI is InChI=1S/C18H20N4O4/c1-20-7-9-21(10-8-20)12-4-2-3-11-15(12)18(26)22(17(11)25)13-5-6-14(23)19-16(13)24/h2-4,13H,5-10H2,1H3,(H,19,23,24). The molecule has 0 saturated carbocycles. The number of nitrogens with zero attached hydrogens (tertiary/aromatic N) is 3. The van der Waals surface area contributed by atoms with E-state index in [2.05, 4.69) is 15.1 Å². The number of imide groups is 2. The summed E-state index contributed by atoms with van der Waals surface area (Å²) in [5.41, 5.74) is 1.44. The Kier molecular flexibility index (Phi) is 3.99. The molecule has 3 heterocycles. The van der Waals surface area contributed by atoms with Gasteiger partial charge in [0.15, 0.2) is 0 Å². The van der Waals surface area contributed by atoms with Gasteiger partial charge >= 0.3 is 0 Å². The van der Waals surface area contributed by atoms with E-state index in [1.807, 2.05) is 13.1 Å². The van der Waals surface area contributed by atoms with E-state index in [1.54, 1.807) is 12.1 Å². The maximum Gasteiger partial charge on any atom is 0.264 e. The topological polar surface area (TPSA) is 90.0 Å². The van der Waals surface area contributed by atoms with Gasteiger partial charge in [-0.15, -0.1) is 0 Å².